The molecule has 0 unspecified atom stereocenters. The average Bonchev–Trinajstić information content (AvgIpc) is 3.13. The minimum atomic E-state index is -0.493. The standard InChI is InChI=1S/C20H31N7O2.HI/c1-5-21-18(22-12-9-13-23-19(28)29-20(2,3)4)24-14-17-26-25-15-27(17)16-10-7-6-8-11-16;/h6-8,10-11,15H,5,9,12-14H2,1-4H3,(H,23,28)(H2,21,22,24);1H. The van der Waals surface area contributed by atoms with Gasteiger partial charge in [0, 0.05) is 25.3 Å². The Labute approximate surface area is 195 Å². The van der Waals surface area contributed by atoms with Crippen molar-refractivity contribution in [3.63, 3.8) is 0 Å². The molecular weight excluding hydrogens is 497 g/mol. The van der Waals surface area contributed by atoms with Crippen LogP contribution in [-0.4, -0.2) is 52.1 Å². The van der Waals surface area contributed by atoms with Crippen molar-refractivity contribution in [1.82, 2.24) is 30.7 Å². The SMILES string of the molecule is CCNC(=NCc1nncn1-c1ccccc1)NCCCNC(=O)OC(C)(C)C.I. The Hall–Kier alpha value is -2.37. The van der Waals surface area contributed by atoms with Crippen LogP contribution < -0.4 is 16.0 Å². The number of alkyl carbamates (subject to hydrolysis) is 1. The molecule has 9 nitrogen and oxygen atoms in total. The molecule has 1 aromatic carbocycles. The summed E-state index contributed by atoms with van der Waals surface area (Å²) in [5.74, 6) is 1.44. The summed E-state index contributed by atoms with van der Waals surface area (Å²) in [6.45, 7) is 9.84. The smallest absolute Gasteiger partial charge is 0.407 e. The van der Waals surface area contributed by atoms with Crippen LogP contribution in [0.4, 0.5) is 4.79 Å². The quantitative estimate of drug-likeness (QED) is 0.210. The predicted molar refractivity (Wildman–Crippen MR) is 128 cm³/mol. The van der Waals surface area contributed by atoms with Crippen molar-refractivity contribution in [2.45, 2.75) is 46.3 Å². The van der Waals surface area contributed by atoms with Crippen LogP contribution in [0.3, 0.4) is 0 Å². The highest BCUT2D eigenvalue weighted by Gasteiger charge is 2.15. The molecule has 0 fully saturated rings. The topological polar surface area (TPSA) is 105 Å². The van der Waals surface area contributed by atoms with Gasteiger partial charge in [-0.3, -0.25) is 4.57 Å². The zero-order chi connectivity index (χ0) is 21.1. The van der Waals surface area contributed by atoms with E-state index in [-0.39, 0.29) is 24.0 Å². The fraction of sp³-hybridized carbons (Fsp3) is 0.500. The van der Waals surface area contributed by atoms with E-state index in [0.717, 1.165) is 24.5 Å². The Bertz CT molecular complexity index is 788. The summed E-state index contributed by atoms with van der Waals surface area (Å²) >= 11 is 0. The van der Waals surface area contributed by atoms with Crippen LogP contribution in [0.5, 0.6) is 0 Å². The van der Waals surface area contributed by atoms with Gasteiger partial charge < -0.3 is 20.7 Å². The van der Waals surface area contributed by atoms with Crippen molar-refractivity contribution in [2.24, 2.45) is 4.99 Å². The molecule has 0 saturated carbocycles. The van der Waals surface area contributed by atoms with E-state index in [1.54, 1.807) is 6.33 Å². The number of amides is 1. The van der Waals surface area contributed by atoms with Gasteiger partial charge in [-0.1, -0.05) is 18.2 Å². The normalized spacial score (nSPS) is 11.4. The number of carbonyl (C=O) groups excluding carboxylic acids is 1. The van der Waals surface area contributed by atoms with Crippen LogP contribution in [0.15, 0.2) is 41.7 Å². The maximum absolute atomic E-state index is 11.6. The van der Waals surface area contributed by atoms with Gasteiger partial charge in [0.25, 0.3) is 0 Å². The Kier molecular flexibility index (Phi) is 11.2. The van der Waals surface area contributed by atoms with E-state index < -0.39 is 11.7 Å². The molecule has 0 aliphatic rings. The van der Waals surface area contributed by atoms with E-state index in [4.69, 9.17) is 4.74 Å². The molecule has 0 radical (unpaired) electrons. The Morgan fingerprint density at radius 1 is 1.13 bits per heavy atom. The van der Waals surface area contributed by atoms with Gasteiger partial charge in [0.15, 0.2) is 11.8 Å². The summed E-state index contributed by atoms with van der Waals surface area (Å²) in [5.41, 5.74) is 0.502. The number of hydrogen-bond donors (Lipinski definition) is 3. The molecule has 2 aromatic rings. The van der Waals surface area contributed by atoms with Crippen molar-refractivity contribution in [3.05, 3.63) is 42.5 Å². The first-order chi connectivity index (χ1) is 13.9. The summed E-state index contributed by atoms with van der Waals surface area (Å²) in [5, 5.41) is 17.4. The Balaban J connectivity index is 0.00000450. The average molecular weight is 529 g/mol. The number of guanidine groups is 1. The molecule has 0 aliphatic carbocycles. The number of carbonyl (C=O) groups is 1. The molecule has 0 aliphatic heterocycles. The number of aliphatic imine (C=N–C) groups is 1. The zero-order valence-electron chi connectivity index (χ0n) is 18.0. The Morgan fingerprint density at radius 3 is 2.50 bits per heavy atom. The van der Waals surface area contributed by atoms with E-state index in [1.807, 2.05) is 62.6 Å². The third kappa shape index (κ3) is 9.42. The largest absolute Gasteiger partial charge is 0.444 e. The number of hydrogen-bond acceptors (Lipinski definition) is 5. The predicted octanol–water partition coefficient (Wildman–Crippen LogP) is 2.86. The minimum absolute atomic E-state index is 0. The molecule has 2 rings (SSSR count). The fourth-order valence-corrected chi connectivity index (χ4v) is 2.46. The van der Waals surface area contributed by atoms with Crippen LogP contribution in [-0.2, 0) is 11.3 Å². The molecule has 3 N–H and O–H groups in total. The van der Waals surface area contributed by atoms with E-state index in [2.05, 4.69) is 31.1 Å². The van der Waals surface area contributed by atoms with E-state index >= 15 is 0 Å². The van der Waals surface area contributed by atoms with Gasteiger partial charge in [0.05, 0.1) is 0 Å². The summed E-state index contributed by atoms with van der Waals surface area (Å²) in [6.07, 6.45) is 2.02. The second-order valence-corrected chi connectivity index (χ2v) is 7.36. The van der Waals surface area contributed by atoms with Gasteiger partial charge in [-0.2, -0.15) is 0 Å². The van der Waals surface area contributed by atoms with E-state index in [1.165, 1.54) is 0 Å². The monoisotopic (exact) mass is 529 g/mol. The summed E-state index contributed by atoms with van der Waals surface area (Å²) in [4.78, 5) is 16.2. The van der Waals surface area contributed by atoms with Gasteiger partial charge in [0.2, 0.25) is 0 Å². The zero-order valence-corrected chi connectivity index (χ0v) is 20.3. The van der Waals surface area contributed by atoms with Crippen molar-refractivity contribution < 1.29 is 9.53 Å². The van der Waals surface area contributed by atoms with Gasteiger partial charge in [-0.25, -0.2) is 9.79 Å². The van der Waals surface area contributed by atoms with Crippen molar-refractivity contribution in [1.29, 1.82) is 0 Å². The lowest BCUT2D eigenvalue weighted by Crippen LogP contribution is -2.39. The molecule has 1 amide bonds. The fourth-order valence-electron chi connectivity index (χ4n) is 2.46. The minimum Gasteiger partial charge on any atom is -0.444 e. The second kappa shape index (κ2) is 13.0. The number of halogens is 1. The summed E-state index contributed by atoms with van der Waals surface area (Å²) < 4.78 is 7.12. The maximum atomic E-state index is 11.6. The lowest BCUT2D eigenvalue weighted by molar-refractivity contribution is 0.0527. The van der Waals surface area contributed by atoms with Gasteiger partial charge >= 0.3 is 6.09 Å². The first-order valence-electron chi connectivity index (χ1n) is 9.82. The maximum Gasteiger partial charge on any atom is 0.407 e. The van der Waals surface area contributed by atoms with Crippen molar-refractivity contribution in [3.8, 4) is 5.69 Å². The number of rotatable bonds is 8. The highest BCUT2D eigenvalue weighted by Crippen LogP contribution is 2.09. The van der Waals surface area contributed by atoms with Gasteiger partial charge in [0.1, 0.15) is 18.5 Å². The second-order valence-electron chi connectivity index (χ2n) is 7.36. The van der Waals surface area contributed by atoms with Crippen LogP contribution in [0.1, 0.15) is 39.9 Å². The molecule has 1 heterocycles. The molecule has 166 valence electrons. The van der Waals surface area contributed by atoms with Crippen LogP contribution in [0.25, 0.3) is 5.69 Å². The summed E-state index contributed by atoms with van der Waals surface area (Å²) in [6, 6.07) is 9.91. The Morgan fingerprint density at radius 2 is 1.83 bits per heavy atom. The molecule has 1 aromatic heterocycles. The molecule has 0 saturated heterocycles. The first kappa shape index (κ1) is 25.7. The molecule has 10 heteroatoms. The van der Waals surface area contributed by atoms with Crippen molar-refractivity contribution in [2.75, 3.05) is 19.6 Å². The summed E-state index contributed by atoms with van der Waals surface area (Å²) in [7, 11) is 0. The van der Waals surface area contributed by atoms with Crippen molar-refractivity contribution >= 4 is 36.0 Å². The number of nitrogens with zero attached hydrogens (tertiary/aromatic N) is 4. The highest BCUT2D eigenvalue weighted by molar-refractivity contribution is 14.0. The number of benzene rings is 1. The first-order valence-corrected chi connectivity index (χ1v) is 9.82. The molecule has 0 spiro atoms. The molecule has 30 heavy (non-hydrogen) atoms. The number of nitrogens with one attached hydrogen (secondary N) is 3. The highest BCUT2D eigenvalue weighted by atomic mass is 127. The lowest BCUT2D eigenvalue weighted by atomic mass is 10.2. The third-order valence-corrected chi connectivity index (χ3v) is 3.69. The van der Waals surface area contributed by atoms with Gasteiger partial charge in [-0.05, 0) is 46.2 Å². The third-order valence-electron chi connectivity index (χ3n) is 3.69. The van der Waals surface area contributed by atoms with Crippen LogP contribution in [0.2, 0.25) is 0 Å². The number of ether oxygens (including phenoxy) is 1. The number of para-hydroxylation sites is 1. The van der Waals surface area contributed by atoms with Crippen LogP contribution >= 0.6 is 24.0 Å². The van der Waals surface area contributed by atoms with E-state index in [9.17, 15) is 4.79 Å². The van der Waals surface area contributed by atoms with Gasteiger partial charge in [-0.15, -0.1) is 34.2 Å². The molecule has 0 atom stereocenters. The van der Waals surface area contributed by atoms with Crippen LogP contribution in [0, 0.1) is 0 Å². The molecule has 0 bridgehead atoms. The number of aromatic nitrogens is 3. The lowest BCUT2D eigenvalue weighted by Gasteiger charge is -2.19. The van der Waals surface area contributed by atoms with E-state index in [0.29, 0.717) is 25.6 Å². The molecular formula is C20H32IN7O2.